The number of primary amides is 1. The van der Waals surface area contributed by atoms with Crippen molar-refractivity contribution >= 4 is 11.8 Å². The summed E-state index contributed by atoms with van der Waals surface area (Å²) in [4.78, 5) is 25.6. The minimum absolute atomic E-state index is 0.152. The molecule has 0 saturated carbocycles. The number of carbonyl (C=O) groups excluding carboxylic acids is 2. The third-order valence-corrected chi connectivity index (χ3v) is 4.77. The van der Waals surface area contributed by atoms with Crippen LogP contribution in [0.15, 0.2) is 52.9 Å². The summed E-state index contributed by atoms with van der Waals surface area (Å²) < 4.78 is 11.0. The second-order valence-corrected chi connectivity index (χ2v) is 6.87. The molecule has 2 N–H and O–H groups in total. The van der Waals surface area contributed by atoms with Crippen LogP contribution in [0.25, 0.3) is 22.9 Å². The van der Waals surface area contributed by atoms with E-state index in [2.05, 4.69) is 10.2 Å². The molecule has 1 fully saturated rings. The van der Waals surface area contributed by atoms with Crippen molar-refractivity contribution in [3.63, 3.8) is 0 Å². The molecule has 3 aromatic rings. The molecule has 4 rings (SSSR count). The van der Waals surface area contributed by atoms with Gasteiger partial charge in [-0.25, -0.2) is 0 Å². The Balaban J connectivity index is 1.49. The minimum Gasteiger partial charge on any atom is -0.416 e. The van der Waals surface area contributed by atoms with Gasteiger partial charge >= 0.3 is 0 Å². The predicted molar refractivity (Wildman–Crippen MR) is 105 cm³/mol. The molecule has 1 atom stereocenters. The molecule has 8 heteroatoms. The van der Waals surface area contributed by atoms with E-state index in [1.54, 1.807) is 29.2 Å². The fourth-order valence-electron chi connectivity index (χ4n) is 3.10. The molecule has 1 saturated heterocycles. The Morgan fingerprint density at radius 1 is 1.00 bits per heavy atom. The Morgan fingerprint density at radius 2 is 1.59 bits per heavy atom. The van der Waals surface area contributed by atoms with Gasteiger partial charge in [0.15, 0.2) is 6.10 Å². The molecular weight excluding hydrogens is 372 g/mol. The maximum absolute atomic E-state index is 12.7. The van der Waals surface area contributed by atoms with Gasteiger partial charge in [-0.3, -0.25) is 9.59 Å². The van der Waals surface area contributed by atoms with E-state index >= 15 is 0 Å². The number of aromatic nitrogens is 2. The van der Waals surface area contributed by atoms with Gasteiger partial charge in [0, 0.05) is 23.2 Å². The monoisotopic (exact) mass is 392 g/mol. The number of ether oxygens (including phenoxy) is 1. The Labute approximate surface area is 167 Å². The third-order valence-electron chi connectivity index (χ3n) is 4.77. The van der Waals surface area contributed by atoms with Crippen molar-refractivity contribution in [2.45, 2.75) is 13.0 Å². The first kappa shape index (κ1) is 18.8. The number of nitrogens with two attached hydrogens (primary N) is 1. The lowest BCUT2D eigenvalue weighted by atomic mass is 10.1. The van der Waals surface area contributed by atoms with Gasteiger partial charge in [-0.05, 0) is 43.3 Å². The molecule has 2 amide bonds. The number of benzene rings is 2. The van der Waals surface area contributed by atoms with E-state index < -0.39 is 12.0 Å². The summed E-state index contributed by atoms with van der Waals surface area (Å²) in [5, 5.41) is 8.20. The van der Waals surface area contributed by atoms with Crippen molar-refractivity contribution in [1.82, 2.24) is 15.1 Å². The molecule has 0 bridgehead atoms. The average molecular weight is 392 g/mol. The number of aryl methyl sites for hydroxylation is 1. The zero-order valence-electron chi connectivity index (χ0n) is 15.9. The van der Waals surface area contributed by atoms with Crippen molar-refractivity contribution in [2.24, 2.45) is 5.73 Å². The van der Waals surface area contributed by atoms with Gasteiger partial charge in [0.05, 0.1) is 13.2 Å². The number of rotatable bonds is 4. The first-order valence-corrected chi connectivity index (χ1v) is 9.22. The van der Waals surface area contributed by atoms with Crippen LogP contribution in [0, 0.1) is 6.92 Å². The number of hydrogen-bond donors (Lipinski definition) is 1. The number of morpholine rings is 1. The maximum atomic E-state index is 12.7. The smallest absolute Gasteiger partial charge is 0.254 e. The molecule has 1 aliphatic rings. The predicted octanol–water partition coefficient (Wildman–Crippen LogP) is 2.04. The SMILES string of the molecule is Cc1ccc(-c2nnc(-c3ccc(C(=O)N4CCOC(C(N)=O)C4)cc3)o2)cc1. The highest BCUT2D eigenvalue weighted by Gasteiger charge is 2.28. The average Bonchev–Trinajstić information content (AvgIpc) is 3.24. The molecule has 1 unspecified atom stereocenters. The normalized spacial score (nSPS) is 16.6. The lowest BCUT2D eigenvalue weighted by Crippen LogP contribution is -2.50. The number of carbonyl (C=O) groups is 2. The Kier molecular flexibility index (Phi) is 5.09. The molecule has 0 aliphatic carbocycles. The molecule has 0 spiro atoms. The first-order chi connectivity index (χ1) is 14.0. The quantitative estimate of drug-likeness (QED) is 0.727. The summed E-state index contributed by atoms with van der Waals surface area (Å²) in [6, 6.07) is 14.7. The molecule has 29 heavy (non-hydrogen) atoms. The topological polar surface area (TPSA) is 112 Å². The Hall–Kier alpha value is -3.52. The van der Waals surface area contributed by atoms with E-state index in [0.717, 1.165) is 11.1 Å². The van der Waals surface area contributed by atoms with E-state index in [-0.39, 0.29) is 19.1 Å². The highest BCUT2D eigenvalue weighted by molar-refractivity contribution is 5.95. The van der Waals surface area contributed by atoms with Gasteiger partial charge in [0.2, 0.25) is 17.7 Å². The highest BCUT2D eigenvalue weighted by Crippen LogP contribution is 2.24. The summed E-state index contributed by atoms with van der Waals surface area (Å²) >= 11 is 0. The van der Waals surface area contributed by atoms with Crippen LogP contribution in [-0.2, 0) is 9.53 Å². The van der Waals surface area contributed by atoms with Crippen molar-refractivity contribution in [3.05, 3.63) is 59.7 Å². The van der Waals surface area contributed by atoms with Gasteiger partial charge < -0.3 is 19.8 Å². The summed E-state index contributed by atoms with van der Waals surface area (Å²) in [5.41, 5.74) is 8.48. The Bertz CT molecular complexity index is 1030. The zero-order chi connectivity index (χ0) is 20.4. The third kappa shape index (κ3) is 4.02. The van der Waals surface area contributed by atoms with Crippen LogP contribution in [0.4, 0.5) is 0 Å². The van der Waals surface area contributed by atoms with Gasteiger partial charge in [0.25, 0.3) is 5.91 Å². The lowest BCUT2D eigenvalue weighted by molar-refractivity contribution is -0.133. The van der Waals surface area contributed by atoms with Gasteiger partial charge in [-0.2, -0.15) is 0 Å². The Morgan fingerprint density at radius 3 is 2.17 bits per heavy atom. The molecule has 2 aromatic carbocycles. The van der Waals surface area contributed by atoms with E-state index in [1.807, 2.05) is 31.2 Å². The second-order valence-electron chi connectivity index (χ2n) is 6.87. The summed E-state index contributed by atoms with van der Waals surface area (Å²) in [7, 11) is 0. The van der Waals surface area contributed by atoms with Crippen LogP contribution < -0.4 is 5.73 Å². The minimum atomic E-state index is -0.773. The van der Waals surface area contributed by atoms with Crippen LogP contribution in [-0.4, -0.2) is 52.7 Å². The van der Waals surface area contributed by atoms with Crippen LogP contribution in [0.2, 0.25) is 0 Å². The molecule has 0 radical (unpaired) electrons. The van der Waals surface area contributed by atoms with Gasteiger partial charge in [0.1, 0.15) is 0 Å². The molecule has 148 valence electrons. The van der Waals surface area contributed by atoms with Crippen molar-refractivity contribution in [2.75, 3.05) is 19.7 Å². The first-order valence-electron chi connectivity index (χ1n) is 9.22. The molecule has 1 aliphatic heterocycles. The number of hydrogen-bond acceptors (Lipinski definition) is 6. The maximum Gasteiger partial charge on any atom is 0.254 e. The van der Waals surface area contributed by atoms with E-state index in [9.17, 15) is 9.59 Å². The fourth-order valence-corrected chi connectivity index (χ4v) is 3.10. The van der Waals surface area contributed by atoms with Gasteiger partial charge in [-0.1, -0.05) is 17.7 Å². The second kappa shape index (κ2) is 7.84. The van der Waals surface area contributed by atoms with Crippen LogP contribution in [0.1, 0.15) is 15.9 Å². The van der Waals surface area contributed by atoms with Crippen LogP contribution in [0.5, 0.6) is 0 Å². The van der Waals surface area contributed by atoms with Crippen molar-refractivity contribution < 1.29 is 18.7 Å². The molecule has 8 nitrogen and oxygen atoms in total. The van der Waals surface area contributed by atoms with Crippen molar-refractivity contribution in [1.29, 1.82) is 0 Å². The summed E-state index contributed by atoms with van der Waals surface area (Å²) in [6.07, 6.45) is -0.773. The molecular formula is C21H20N4O4. The number of nitrogens with zero attached hydrogens (tertiary/aromatic N) is 3. The summed E-state index contributed by atoms with van der Waals surface area (Å²) in [6.45, 7) is 2.85. The lowest BCUT2D eigenvalue weighted by Gasteiger charge is -2.31. The number of amides is 2. The largest absolute Gasteiger partial charge is 0.416 e. The zero-order valence-corrected chi connectivity index (χ0v) is 15.9. The van der Waals surface area contributed by atoms with E-state index in [1.165, 1.54) is 0 Å². The highest BCUT2D eigenvalue weighted by atomic mass is 16.5. The van der Waals surface area contributed by atoms with E-state index in [4.69, 9.17) is 14.9 Å². The van der Waals surface area contributed by atoms with Crippen LogP contribution >= 0.6 is 0 Å². The molecule has 2 heterocycles. The summed E-state index contributed by atoms with van der Waals surface area (Å²) in [5.74, 6) is 0.0568. The van der Waals surface area contributed by atoms with Crippen molar-refractivity contribution in [3.8, 4) is 22.9 Å². The van der Waals surface area contributed by atoms with E-state index in [0.29, 0.717) is 29.5 Å². The standard InChI is InChI=1S/C21H20N4O4/c1-13-2-4-14(5-3-13)19-23-24-20(29-19)15-6-8-16(9-7-15)21(27)25-10-11-28-17(12-25)18(22)26/h2-9,17H,10-12H2,1H3,(H2,22,26). The molecule has 1 aromatic heterocycles. The van der Waals surface area contributed by atoms with Crippen LogP contribution in [0.3, 0.4) is 0 Å². The fraction of sp³-hybridized carbons (Fsp3) is 0.238. The van der Waals surface area contributed by atoms with Gasteiger partial charge in [-0.15, -0.1) is 10.2 Å².